The summed E-state index contributed by atoms with van der Waals surface area (Å²) in [4.78, 5) is 28.6. The van der Waals surface area contributed by atoms with Crippen molar-refractivity contribution in [2.24, 2.45) is 5.73 Å². The van der Waals surface area contributed by atoms with Crippen LogP contribution in [0.25, 0.3) is 0 Å². The zero-order valence-electron chi connectivity index (χ0n) is 12.3. The van der Waals surface area contributed by atoms with E-state index in [1.807, 2.05) is 0 Å². The van der Waals surface area contributed by atoms with Gasteiger partial charge in [0.15, 0.2) is 0 Å². The molecule has 12 heteroatoms. The number of carboxylic acid groups (broad SMARTS) is 1. The van der Waals surface area contributed by atoms with E-state index in [0.717, 1.165) is 4.68 Å². The first-order valence-electron chi connectivity index (χ1n) is 6.80. The van der Waals surface area contributed by atoms with Gasteiger partial charge in [0.2, 0.25) is 17.5 Å². The monoisotopic (exact) mass is 369 g/mol. The topological polar surface area (TPSA) is 181 Å². The zero-order chi connectivity index (χ0) is 17.6. The lowest BCUT2D eigenvalue weighted by molar-refractivity contribution is -0.667. The Kier molecular flexibility index (Phi) is 4.19. The highest BCUT2D eigenvalue weighted by atomic mass is 32.2. The lowest BCUT2D eigenvalue weighted by Gasteiger charge is -2.49. The highest BCUT2D eigenvalue weighted by Crippen LogP contribution is 2.40. The number of thioether (sulfide) groups is 2. The fraction of sp³-hybridized carbons (Fsp3) is 0.333. The average Bonchev–Trinajstić information content (AvgIpc) is 2.54. The summed E-state index contributed by atoms with van der Waals surface area (Å²) in [6, 6.07) is 0.733. The Morgan fingerprint density at radius 2 is 2.25 bits per heavy atom. The smallest absolute Gasteiger partial charge is 0.322 e. The SMILES string of the molecule is Nc1cc(N)[n+](N)c(SCC2=C(C(=O)[O-])N3C(=O)C(N)[C@H]3SC2)n1. The maximum absolute atomic E-state index is 11.9. The van der Waals surface area contributed by atoms with E-state index in [9.17, 15) is 14.7 Å². The molecule has 0 saturated carbocycles. The van der Waals surface area contributed by atoms with Crippen LogP contribution in [0.1, 0.15) is 0 Å². The van der Waals surface area contributed by atoms with Gasteiger partial charge in [0, 0.05) is 11.5 Å². The third-order valence-electron chi connectivity index (χ3n) is 3.66. The Labute approximate surface area is 145 Å². The van der Waals surface area contributed by atoms with Gasteiger partial charge >= 0.3 is 5.16 Å². The molecule has 1 aromatic rings. The van der Waals surface area contributed by atoms with Gasteiger partial charge in [-0.05, 0) is 17.3 Å². The molecule has 0 aromatic carbocycles. The van der Waals surface area contributed by atoms with Gasteiger partial charge in [0.25, 0.3) is 0 Å². The molecule has 1 aromatic heterocycles. The third kappa shape index (κ3) is 2.61. The fourth-order valence-electron chi connectivity index (χ4n) is 2.46. The number of β-lactam (4-membered cyclic amide) rings is 1. The summed E-state index contributed by atoms with van der Waals surface area (Å²) in [6.07, 6.45) is 0. The van der Waals surface area contributed by atoms with Gasteiger partial charge in [0.1, 0.15) is 11.4 Å². The molecule has 10 nitrogen and oxygen atoms in total. The molecular formula is C12H15N7O3S2. The van der Waals surface area contributed by atoms with E-state index in [1.165, 1.54) is 34.5 Å². The maximum Gasteiger partial charge on any atom is 0.322 e. The zero-order valence-corrected chi connectivity index (χ0v) is 14.0. The van der Waals surface area contributed by atoms with Gasteiger partial charge in [-0.3, -0.25) is 15.5 Å². The number of carbonyl (C=O) groups excluding carboxylic acids is 2. The molecule has 0 aliphatic carbocycles. The molecule has 2 aliphatic heterocycles. The first kappa shape index (κ1) is 16.7. The molecule has 0 bridgehead atoms. The summed E-state index contributed by atoms with van der Waals surface area (Å²) in [7, 11) is 0. The van der Waals surface area contributed by atoms with E-state index >= 15 is 0 Å². The first-order valence-corrected chi connectivity index (χ1v) is 8.84. The molecule has 1 amide bonds. The maximum atomic E-state index is 11.9. The number of carboxylic acids is 1. The van der Waals surface area contributed by atoms with Crippen LogP contribution in [0.3, 0.4) is 0 Å². The molecule has 24 heavy (non-hydrogen) atoms. The highest BCUT2D eigenvalue weighted by Gasteiger charge is 2.50. The number of anilines is 2. The van der Waals surface area contributed by atoms with E-state index in [0.29, 0.717) is 16.5 Å². The van der Waals surface area contributed by atoms with Gasteiger partial charge < -0.3 is 27.1 Å². The molecule has 2 aliphatic rings. The molecule has 8 N–H and O–H groups in total. The van der Waals surface area contributed by atoms with E-state index in [-0.39, 0.29) is 28.5 Å². The summed E-state index contributed by atoms with van der Waals surface area (Å²) in [5.41, 5.74) is 17.4. The Morgan fingerprint density at radius 3 is 2.92 bits per heavy atom. The number of nitrogens with two attached hydrogens (primary N) is 4. The van der Waals surface area contributed by atoms with Gasteiger partial charge in [0.05, 0.1) is 17.7 Å². The summed E-state index contributed by atoms with van der Waals surface area (Å²) in [6.45, 7) is 0. The lowest BCUT2D eigenvalue weighted by Crippen LogP contribution is -2.69. The van der Waals surface area contributed by atoms with E-state index < -0.39 is 17.9 Å². The molecule has 128 valence electrons. The van der Waals surface area contributed by atoms with Crippen molar-refractivity contribution in [3.63, 3.8) is 0 Å². The second kappa shape index (κ2) is 6.03. The largest absolute Gasteiger partial charge is 0.543 e. The predicted octanol–water partition coefficient (Wildman–Crippen LogP) is -3.41. The van der Waals surface area contributed by atoms with Crippen LogP contribution in [0, 0.1) is 0 Å². The van der Waals surface area contributed by atoms with Gasteiger partial charge in [-0.1, -0.05) is 4.98 Å². The van der Waals surface area contributed by atoms with E-state index in [2.05, 4.69) is 4.98 Å². The Hall–Kier alpha value is -2.18. The summed E-state index contributed by atoms with van der Waals surface area (Å²) in [5.74, 6) is 5.04. The number of aromatic nitrogens is 2. The Bertz CT molecular complexity index is 769. The summed E-state index contributed by atoms with van der Waals surface area (Å²) >= 11 is 2.58. The minimum absolute atomic E-state index is 0.126. The molecular weight excluding hydrogens is 354 g/mol. The second-order valence-corrected chi connectivity index (χ2v) is 7.27. The quantitative estimate of drug-likeness (QED) is 0.137. The number of amides is 1. The van der Waals surface area contributed by atoms with Crippen LogP contribution in [0.5, 0.6) is 0 Å². The number of fused-ring (bicyclic) bond motifs is 1. The van der Waals surface area contributed by atoms with Crippen LogP contribution in [0.15, 0.2) is 22.5 Å². The van der Waals surface area contributed by atoms with Crippen molar-refractivity contribution >= 4 is 47.0 Å². The van der Waals surface area contributed by atoms with Crippen molar-refractivity contribution in [1.82, 2.24) is 9.88 Å². The number of hydrogen-bond acceptors (Lipinski definition) is 10. The van der Waals surface area contributed by atoms with E-state index in [4.69, 9.17) is 23.0 Å². The van der Waals surface area contributed by atoms with Crippen LogP contribution in [0.2, 0.25) is 0 Å². The fourth-order valence-corrected chi connectivity index (χ4v) is 4.84. The molecule has 3 heterocycles. The number of rotatable bonds is 4. The lowest BCUT2D eigenvalue weighted by atomic mass is 10.0. The Balaban J connectivity index is 1.86. The van der Waals surface area contributed by atoms with Crippen LogP contribution in [-0.2, 0) is 9.59 Å². The molecule has 1 fully saturated rings. The highest BCUT2D eigenvalue weighted by molar-refractivity contribution is 8.01. The van der Waals surface area contributed by atoms with Crippen molar-refractivity contribution in [1.29, 1.82) is 0 Å². The van der Waals surface area contributed by atoms with Crippen molar-refractivity contribution in [3.8, 4) is 0 Å². The minimum atomic E-state index is -1.41. The number of nitrogens with zero attached hydrogens (tertiary/aromatic N) is 3. The van der Waals surface area contributed by atoms with Gasteiger partial charge in [-0.25, -0.2) is 0 Å². The van der Waals surface area contributed by atoms with E-state index in [1.54, 1.807) is 0 Å². The average molecular weight is 369 g/mol. The van der Waals surface area contributed by atoms with Crippen LogP contribution in [0.4, 0.5) is 11.6 Å². The normalized spacial score (nSPS) is 23.0. The van der Waals surface area contributed by atoms with Gasteiger partial charge in [-0.2, -0.15) is 0 Å². The third-order valence-corrected chi connectivity index (χ3v) is 6.06. The molecule has 0 radical (unpaired) electrons. The number of hydrogen-bond donors (Lipinski definition) is 4. The van der Waals surface area contributed by atoms with Crippen molar-refractivity contribution < 1.29 is 19.4 Å². The van der Waals surface area contributed by atoms with Crippen molar-refractivity contribution in [2.45, 2.75) is 16.6 Å². The van der Waals surface area contributed by atoms with Crippen LogP contribution in [-0.4, -0.2) is 44.7 Å². The number of nitrogen functional groups attached to an aromatic ring is 3. The van der Waals surface area contributed by atoms with Gasteiger partial charge in [-0.15, -0.1) is 16.4 Å². The Morgan fingerprint density at radius 1 is 1.54 bits per heavy atom. The number of aliphatic carboxylic acids is 1. The predicted molar refractivity (Wildman–Crippen MR) is 87.2 cm³/mol. The second-order valence-electron chi connectivity index (χ2n) is 5.22. The summed E-state index contributed by atoms with van der Waals surface area (Å²) < 4.78 is 1.16. The van der Waals surface area contributed by atoms with Crippen LogP contribution < -0.4 is 32.8 Å². The number of carbonyl (C=O) groups is 2. The van der Waals surface area contributed by atoms with Crippen molar-refractivity contribution in [2.75, 3.05) is 28.8 Å². The molecule has 1 unspecified atom stereocenters. The standard InChI is InChI=1S/C12H15N7O3S2/c13-5-1-6(14)19(16)12(17-5)24-3-4-2-23-10-7(15)9(20)18(10)8(4)11(21)22/h1,7,10H,2-3,15-16H2,(H4,13,14,21,22)/t7?,10-/m1/s1. The molecule has 0 spiro atoms. The van der Waals surface area contributed by atoms with Crippen molar-refractivity contribution in [3.05, 3.63) is 17.3 Å². The molecule has 2 atom stereocenters. The first-order chi connectivity index (χ1) is 11.3. The molecule has 3 rings (SSSR count). The summed E-state index contributed by atoms with van der Waals surface area (Å²) in [5, 5.41) is 11.5. The molecule has 1 saturated heterocycles. The van der Waals surface area contributed by atoms with Crippen LogP contribution >= 0.6 is 23.5 Å². The minimum Gasteiger partial charge on any atom is -0.543 e.